The van der Waals surface area contributed by atoms with Gasteiger partial charge in [-0.2, -0.15) is 0 Å². The van der Waals surface area contributed by atoms with Crippen LogP contribution in [0, 0.1) is 0 Å². The smallest absolute Gasteiger partial charge is 0.184 e. The molecule has 4 heteroatoms. The van der Waals surface area contributed by atoms with Crippen LogP contribution >= 0.6 is 11.3 Å². The molecule has 1 N–H and O–H groups in total. The van der Waals surface area contributed by atoms with Gasteiger partial charge in [-0.05, 0) is 56.6 Å². The molecule has 1 aliphatic heterocycles. The molecule has 3 nitrogen and oxygen atoms in total. The lowest BCUT2D eigenvalue weighted by molar-refractivity contribution is 0.0981. The molecule has 0 aliphatic carbocycles. The van der Waals surface area contributed by atoms with Crippen LogP contribution < -0.4 is 5.32 Å². The van der Waals surface area contributed by atoms with Gasteiger partial charge in [-0.25, -0.2) is 0 Å². The van der Waals surface area contributed by atoms with Crippen molar-refractivity contribution >= 4 is 17.1 Å². The van der Waals surface area contributed by atoms with Crippen LogP contribution in [-0.4, -0.2) is 23.4 Å². The molecule has 0 amide bonds. The van der Waals surface area contributed by atoms with Crippen molar-refractivity contribution in [1.29, 1.82) is 0 Å². The molecule has 0 aromatic carbocycles. The first kappa shape index (κ1) is 14.5. The van der Waals surface area contributed by atoms with E-state index in [4.69, 9.17) is 0 Å². The highest BCUT2D eigenvalue weighted by molar-refractivity contribution is 7.12. The molecule has 1 saturated heterocycles. The van der Waals surface area contributed by atoms with E-state index in [0.717, 1.165) is 38.0 Å². The second-order valence-electron chi connectivity index (χ2n) is 5.60. The summed E-state index contributed by atoms with van der Waals surface area (Å²) in [6, 6.07) is 8.67. The van der Waals surface area contributed by atoms with Gasteiger partial charge in [0.2, 0.25) is 0 Å². The lowest BCUT2D eigenvalue weighted by Crippen LogP contribution is -2.30. The maximum atomic E-state index is 12.6. The summed E-state index contributed by atoms with van der Waals surface area (Å²) in [7, 11) is 0. The fraction of sp³-hybridized carbons (Fsp3) is 0.471. The molecule has 0 spiro atoms. The predicted octanol–water partition coefficient (Wildman–Crippen LogP) is 3.46. The average molecular weight is 302 g/mol. The van der Waals surface area contributed by atoms with E-state index in [9.17, 15) is 4.79 Å². The minimum atomic E-state index is 0.239. The van der Waals surface area contributed by atoms with Crippen LogP contribution in [0.3, 0.4) is 0 Å². The highest BCUT2D eigenvalue weighted by Gasteiger charge is 2.20. The Kier molecular flexibility index (Phi) is 4.56. The number of carbonyl (C=O) groups excluding carboxylic acids is 1. The molecule has 0 radical (unpaired) electrons. The van der Waals surface area contributed by atoms with Gasteiger partial charge in [-0.1, -0.05) is 6.92 Å². The molecule has 1 fully saturated rings. The number of Topliss-reactive ketones (excluding diaryl/α,β-unsaturated/α-hetero) is 1. The van der Waals surface area contributed by atoms with Gasteiger partial charge in [-0.3, -0.25) is 4.79 Å². The number of rotatable bonds is 5. The van der Waals surface area contributed by atoms with Crippen molar-refractivity contribution in [3.63, 3.8) is 0 Å². The Morgan fingerprint density at radius 1 is 1.29 bits per heavy atom. The highest BCUT2D eigenvalue weighted by atomic mass is 32.1. The van der Waals surface area contributed by atoms with Gasteiger partial charge in [0.05, 0.1) is 5.69 Å². The third-order valence-corrected chi connectivity index (χ3v) is 5.40. The number of nitrogens with one attached hydrogen (secondary N) is 1. The van der Waals surface area contributed by atoms with Gasteiger partial charge < -0.3 is 9.88 Å². The Bertz CT molecular complexity index is 608. The van der Waals surface area contributed by atoms with Gasteiger partial charge >= 0.3 is 0 Å². The zero-order valence-corrected chi connectivity index (χ0v) is 13.3. The fourth-order valence-corrected chi connectivity index (χ4v) is 3.95. The zero-order chi connectivity index (χ0) is 14.7. The minimum Gasteiger partial charge on any atom is -0.342 e. The van der Waals surface area contributed by atoms with Crippen LogP contribution in [0.2, 0.25) is 0 Å². The second-order valence-corrected chi connectivity index (χ2v) is 6.86. The van der Waals surface area contributed by atoms with Crippen molar-refractivity contribution in [1.82, 2.24) is 9.88 Å². The van der Waals surface area contributed by atoms with E-state index in [0.29, 0.717) is 12.5 Å². The van der Waals surface area contributed by atoms with Crippen LogP contribution in [0.1, 0.15) is 46.0 Å². The maximum Gasteiger partial charge on any atom is 0.184 e. The van der Waals surface area contributed by atoms with Crippen molar-refractivity contribution in [2.75, 3.05) is 13.1 Å². The van der Waals surface area contributed by atoms with Crippen molar-refractivity contribution in [3.8, 4) is 0 Å². The summed E-state index contributed by atoms with van der Waals surface area (Å²) in [5, 5.41) is 3.38. The van der Waals surface area contributed by atoms with Gasteiger partial charge in [0.1, 0.15) is 0 Å². The van der Waals surface area contributed by atoms with Crippen LogP contribution in [-0.2, 0) is 12.8 Å². The second kappa shape index (κ2) is 6.58. The fourth-order valence-electron chi connectivity index (χ4n) is 2.99. The molecule has 3 heterocycles. The third-order valence-electron chi connectivity index (χ3n) is 4.17. The topological polar surface area (TPSA) is 34.0 Å². The van der Waals surface area contributed by atoms with Crippen LogP contribution in [0.4, 0.5) is 0 Å². The number of hydrogen-bond acceptors (Lipinski definition) is 3. The standard InChI is InChI=1S/C17H22N2OS/c1-2-14-5-6-15(21-14)12-17(20)16-4-3-11-19(16)13-7-9-18-10-8-13/h3-6,11,13,18H,2,7-10,12H2,1H3. The summed E-state index contributed by atoms with van der Waals surface area (Å²) in [4.78, 5) is 15.1. The summed E-state index contributed by atoms with van der Waals surface area (Å²) in [5.74, 6) is 0.239. The van der Waals surface area contributed by atoms with Crippen LogP contribution in [0.5, 0.6) is 0 Å². The quantitative estimate of drug-likeness (QED) is 0.858. The molecular weight excluding hydrogens is 280 g/mol. The lowest BCUT2D eigenvalue weighted by Gasteiger charge is -2.25. The number of piperidine rings is 1. The maximum absolute atomic E-state index is 12.6. The van der Waals surface area contributed by atoms with E-state index in [1.807, 2.05) is 12.1 Å². The number of aromatic nitrogens is 1. The Labute approximate surface area is 130 Å². The van der Waals surface area contributed by atoms with Crippen LogP contribution in [0.25, 0.3) is 0 Å². The van der Waals surface area contributed by atoms with E-state index in [1.54, 1.807) is 11.3 Å². The van der Waals surface area contributed by atoms with E-state index in [1.165, 1.54) is 9.75 Å². The molecular formula is C17H22N2OS. The molecule has 0 bridgehead atoms. The first-order chi connectivity index (χ1) is 10.3. The van der Waals surface area contributed by atoms with Gasteiger partial charge in [0.15, 0.2) is 5.78 Å². The third kappa shape index (κ3) is 3.27. The Morgan fingerprint density at radius 2 is 2.05 bits per heavy atom. The van der Waals surface area contributed by atoms with Crippen LogP contribution in [0.15, 0.2) is 30.5 Å². The molecule has 2 aromatic heterocycles. The number of carbonyl (C=O) groups is 1. The molecule has 2 aromatic rings. The van der Waals surface area contributed by atoms with Gasteiger partial charge in [-0.15, -0.1) is 11.3 Å². The summed E-state index contributed by atoms with van der Waals surface area (Å²) in [6.07, 6.45) is 5.85. The molecule has 0 atom stereocenters. The van der Waals surface area contributed by atoms with E-state index in [2.05, 4.69) is 35.1 Å². The number of aryl methyl sites for hydroxylation is 1. The molecule has 1 aliphatic rings. The monoisotopic (exact) mass is 302 g/mol. The van der Waals surface area contributed by atoms with E-state index >= 15 is 0 Å². The molecule has 0 saturated carbocycles. The predicted molar refractivity (Wildman–Crippen MR) is 87.3 cm³/mol. The van der Waals surface area contributed by atoms with Crippen molar-refractivity contribution in [3.05, 3.63) is 45.9 Å². The Balaban J connectivity index is 1.74. The van der Waals surface area contributed by atoms with Crippen molar-refractivity contribution in [2.45, 2.75) is 38.6 Å². The van der Waals surface area contributed by atoms with Crippen molar-refractivity contribution in [2.24, 2.45) is 0 Å². The number of hydrogen-bond donors (Lipinski definition) is 1. The lowest BCUT2D eigenvalue weighted by atomic mass is 10.1. The molecule has 0 unspecified atom stereocenters. The van der Waals surface area contributed by atoms with Gasteiger partial charge in [0, 0.05) is 28.4 Å². The summed E-state index contributed by atoms with van der Waals surface area (Å²) in [5.41, 5.74) is 0.869. The Hall–Kier alpha value is -1.39. The zero-order valence-electron chi connectivity index (χ0n) is 12.5. The van der Waals surface area contributed by atoms with E-state index in [-0.39, 0.29) is 5.78 Å². The minimum absolute atomic E-state index is 0.239. The van der Waals surface area contributed by atoms with Gasteiger partial charge in [0.25, 0.3) is 0 Å². The highest BCUT2D eigenvalue weighted by Crippen LogP contribution is 2.23. The summed E-state index contributed by atoms with van der Waals surface area (Å²) >= 11 is 1.76. The van der Waals surface area contributed by atoms with E-state index < -0.39 is 0 Å². The first-order valence-corrected chi connectivity index (χ1v) is 8.58. The molecule has 3 rings (SSSR count). The number of nitrogens with zero attached hydrogens (tertiary/aromatic N) is 1. The normalized spacial score (nSPS) is 16.2. The molecule has 112 valence electrons. The molecule has 21 heavy (non-hydrogen) atoms. The Morgan fingerprint density at radius 3 is 2.76 bits per heavy atom. The average Bonchev–Trinajstić information content (AvgIpc) is 3.17. The number of thiophene rings is 1. The SMILES string of the molecule is CCc1ccc(CC(=O)c2cccn2C2CCNCC2)s1. The number of ketones is 1. The first-order valence-electron chi connectivity index (χ1n) is 7.76. The van der Waals surface area contributed by atoms with Crippen molar-refractivity contribution < 1.29 is 4.79 Å². The summed E-state index contributed by atoms with van der Waals surface area (Å²) in [6.45, 7) is 4.24. The largest absolute Gasteiger partial charge is 0.342 e. The summed E-state index contributed by atoms with van der Waals surface area (Å²) < 4.78 is 2.19.